The molecule has 0 atom stereocenters. The van der Waals surface area contributed by atoms with Crippen LogP contribution >= 0.6 is 22.7 Å². The minimum Gasteiger partial charge on any atom is -0.295 e. The average Bonchev–Trinajstić information content (AvgIpc) is 2.76. The summed E-state index contributed by atoms with van der Waals surface area (Å²) < 4.78 is 0. The van der Waals surface area contributed by atoms with Crippen molar-refractivity contribution in [2.45, 2.75) is 6.42 Å². The summed E-state index contributed by atoms with van der Waals surface area (Å²) in [5.41, 5.74) is 0.981. The number of thiophene rings is 1. The highest BCUT2D eigenvalue weighted by Crippen LogP contribution is 2.16. The van der Waals surface area contributed by atoms with E-state index in [0.717, 1.165) is 18.4 Å². The van der Waals surface area contributed by atoms with E-state index in [1.807, 2.05) is 16.8 Å². The van der Waals surface area contributed by atoms with Crippen molar-refractivity contribution in [3.05, 3.63) is 38.5 Å². The van der Waals surface area contributed by atoms with Crippen LogP contribution in [0.5, 0.6) is 0 Å². The van der Waals surface area contributed by atoms with E-state index >= 15 is 0 Å². The van der Waals surface area contributed by atoms with Gasteiger partial charge in [-0.3, -0.25) is 4.79 Å². The Balaban J connectivity index is 2.14. The highest BCUT2D eigenvalue weighted by Gasteiger charge is 2.02. The fraction of sp³-hybridized carbons (Fsp3) is 0.111. The summed E-state index contributed by atoms with van der Waals surface area (Å²) in [6.45, 7) is 0. The molecule has 0 fully saturated rings. The number of hydrogen-bond acceptors (Lipinski definition) is 4. The minimum absolute atomic E-state index is 0.562. The second kappa shape index (κ2) is 3.81. The zero-order valence-corrected chi connectivity index (χ0v) is 8.40. The maximum Gasteiger partial charge on any atom is 0.178 e. The molecule has 0 saturated heterocycles. The molecular weight excluding hydrogens is 202 g/mol. The molecule has 0 bridgehead atoms. The molecule has 0 aliphatic rings. The summed E-state index contributed by atoms with van der Waals surface area (Å²) in [6, 6.07) is 4.09. The quantitative estimate of drug-likeness (QED) is 0.727. The van der Waals surface area contributed by atoms with Gasteiger partial charge in [0.15, 0.2) is 11.3 Å². The number of nitrogens with zero attached hydrogens (tertiary/aromatic N) is 1. The van der Waals surface area contributed by atoms with E-state index in [2.05, 4.69) is 11.1 Å². The molecule has 66 valence electrons. The molecule has 0 unspecified atom stereocenters. The molecule has 2 aromatic rings. The second-order valence-corrected chi connectivity index (χ2v) is 4.47. The first-order valence-corrected chi connectivity index (χ1v) is 5.56. The van der Waals surface area contributed by atoms with Gasteiger partial charge in [-0.1, -0.05) is 6.07 Å². The molecule has 0 saturated carbocycles. The topological polar surface area (TPSA) is 30.0 Å². The maximum atomic E-state index is 10.4. The molecule has 2 heterocycles. The molecule has 0 radical (unpaired) electrons. The van der Waals surface area contributed by atoms with Crippen LogP contribution in [0.1, 0.15) is 20.4 Å². The van der Waals surface area contributed by atoms with Gasteiger partial charge in [0.25, 0.3) is 0 Å². The third-order valence-electron chi connectivity index (χ3n) is 1.61. The highest BCUT2D eigenvalue weighted by atomic mass is 32.1. The molecule has 2 nitrogen and oxygen atoms in total. The number of thiazole rings is 1. The first-order chi connectivity index (χ1) is 6.38. The number of carbonyl (C=O) groups excluding carboxylic acids is 1. The lowest BCUT2D eigenvalue weighted by Crippen LogP contribution is -1.85. The van der Waals surface area contributed by atoms with E-state index in [1.165, 1.54) is 16.2 Å². The minimum atomic E-state index is 0.562. The van der Waals surface area contributed by atoms with Gasteiger partial charge in [-0.2, -0.15) is 0 Å². The van der Waals surface area contributed by atoms with E-state index in [0.29, 0.717) is 5.01 Å². The van der Waals surface area contributed by atoms with E-state index in [4.69, 9.17) is 0 Å². The van der Waals surface area contributed by atoms with Crippen molar-refractivity contribution in [1.82, 2.24) is 4.98 Å². The first-order valence-electron chi connectivity index (χ1n) is 3.80. The van der Waals surface area contributed by atoms with Crippen LogP contribution in [0.4, 0.5) is 0 Å². The van der Waals surface area contributed by atoms with Crippen molar-refractivity contribution in [1.29, 1.82) is 0 Å². The first kappa shape index (κ1) is 8.59. The van der Waals surface area contributed by atoms with Crippen LogP contribution in [-0.4, -0.2) is 11.3 Å². The third kappa shape index (κ3) is 2.02. The number of aldehydes is 1. The number of rotatable bonds is 3. The zero-order valence-electron chi connectivity index (χ0n) is 6.77. The smallest absolute Gasteiger partial charge is 0.178 e. The Hall–Kier alpha value is -1.00. The second-order valence-electron chi connectivity index (χ2n) is 2.55. The van der Waals surface area contributed by atoms with Gasteiger partial charge in [0.1, 0.15) is 0 Å². The number of hydrogen-bond donors (Lipinski definition) is 0. The molecule has 2 rings (SSSR count). The number of carbonyl (C=O) groups is 1. The molecule has 0 amide bonds. The lowest BCUT2D eigenvalue weighted by molar-refractivity contribution is 0.112. The van der Waals surface area contributed by atoms with Gasteiger partial charge >= 0.3 is 0 Å². The van der Waals surface area contributed by atoms with Crippen molar-refractivity contribution in [3.63, 3.8) is 0 Å². The predicted octanol–water partition coefficient (Wildman–Crippen LogP) is 2.61. The Bertz CT molecular complexity index is 391. The van der Waals surface area contributed by atoms with Crippen LogP contribution in [0.3, 0.4) is 0 Å². The highest BCUT2D eigenvalue weighted by molar-refractivity contribution is 7.11. The van der Waals surface area contributed by atoms with Gasteiger partial charge in [0.2, 0.25) is 0 Å². The van der Waals surface area contributed by atoms with Crippen LogP contribution in [0.15, 0.2) is 22.9 Å². The molecule has 0 N–H and O–H groups in total. The van der Waals surface area contributed by atoms with Crippen LogP contribution in [-0.2, 0) is 6.42 Å². The lowest BCUT2D eigenvalue weighted by Gasteiger charge is -1.89. The monoisotopic (exact) mass is 209 g/mol. The van der Waals surface area contributed by atoms with Crippen LogP contribution in [0.2, 0.25) is 0 Å². The summed E-state index contributed by atoms with van der Waals surface area (Å²) in [5, 5.41) is 4.54. The summed E-state index contributed by atoms with van der Waals surface area (Å²) in [6.07, 6.45) is 1.63. The Morgan fingerprint density at radius 1 is 1.46 bits per heavy atom. The van der Waals surface area contributed by atoms with Crippen LogP contribution in [0.25, 0.3) is 0 Å². The van der Waals surface area contributed by atoms with Crippen LogP contribution in [0, 0.1) is 0 Å². The molecule has 13 heavy (non-hydrogen) atoms. The van der Waals surface area contributed by atoms with Crippen molar-refractivity contribution >= 4 is 29.0 Å². The maximum absolute atomic E-state index is 10.4. The van der Waals surface area contributed by atoms with Crippen molar-refractivity contribution in [2.75, 3.05) is 0 Å². The van der Waals surface area contributed by atoms with Gasteiger partial charge in [0, 0.05) is 16.7 Å². The van der Waals surface area contributed by atoms with Gasteiger partial charge in [-0.25, -0.2) is 4.98 Å². The van der Waals surface area contributed by atoms with Crippen molar-refractivity contribution in [2.24, 2.45) is 0 Å². The SMILES string of the molecule is O=Cc1nc(Cc2cccs2)cs1. The summed E-state index contributed by atoms with van der Waals surface area (Å²) in [4.78, 5) is 15.8. The van der Waals surface area contributed by atoms with E-state index in [-0.39, 0.29) is 0 Å². The van der Waals surface area contributed by atoms with E-state index in [1.54, 1.807) is 11.3 Å². The standard InChI is InChI=1S/C9H7NOS2/c11-5-9-10-7(6-13-9)4-8-2-1-3-12-8/h1-3,5-6H,4H2. The molecular formula is C9H7NOS2. The Morgan fingerprint density at radius 3 is 3.00 bits per heavy atom. The van der Waals surface area contributed by atoms with E-state index < -0.39 is 0 Å². The van der Waals surface area contributed by atoms with Crippen molar-refractivity contribution < 1.29 is 4.79 Å². The van der Waals surface area contributed by atoms with Gasteiger partial charge in [-0.15, -0.1) is 22.7 Å². The fourth-order valence-corrected chi connectivity index (χ4v) is 2.39. The zero-order chi connectivity index (χ0) is 9.10. The third-order valence-corrected chi connectivity index (χ3v) is 3.30. The summed E-state index contributed by atoms with van der Waals surface area (Å²) in [7, 11) is 0. The Labute approximate surface area is 83.9 Å². The molecule has 0 aliphatic carbocycles. The summed E-state index contributed by atoms with van der Waals surface area (Å²) >= 11 is 3.11. The molecule has 2 aromatic heterocycles. The Morgan fingerprint density at radius 2 is 2.38 bits per heavy atom. The van der Waals surface area contributed by atoms with Crippen molar-refractivity contribution in [3.8, 4) is 0 Å². The summed E-state index contributed by atoms with van der Waals surface area (Å²) in [5.74, 6) is 0. The van der Waals surface area contributed by atoms with Gasteiger partial charge in [0.05, 0.1) is 5.69 Å². The molecule has 0 aliphatic heterocycles. The average molecular weight is 209 g/mol. The van der Waals surface area contributed by atoms with E-state index in [9.17, 15) is 4.79 Å². The van der Waals surface area contributed by atoms with Gasteiger partial charge < -0.3 is 0 Å². The lowest BCUT2D eigenvalue weighted by atomic mass is 10.3. The molecule has 0 aromatic carbocycles. The fourth-order valence-electron chi connectivity index (χ4n) is 1.05. The normalized spacial score (nSPS) is 10.2. The van der Waals surface area contributed by atoms with Gasteiger partial charge in [-0.05, 0) is 11.4 Å². The molecule has 0 spiro atoms. The molecule has 4 heteroatoms. The van der Waals surface area contributed by atoms with Crippen LogP contribution < -0.4 is 0 Å². The Kier molecular flexibility index (Phi) is 2.52. The largest absolute Gasteiger partial charge is 0.295 e. The number of aromatic nitrogens is 1. The predicted molar refractivity (Wildman–Crippen MR) is 54.6 cm³/mol.